The summed E-state index contributed by atoms with van der Waals surface area (Å²) in [7, 11) is 1.66. The van der Waals surface area contributed by atoms with Crippen molar-refractivity contribution in [1.82, 2.24) is 9.99 Å². The number of anilines is 1. The van der Waals surface area contributed by atoms with Crippen molar-refractivity contribution in [2.24, 2.45) is 0 Å². The molecule has 1 aromatic rings. The molecular formula is C14H22BN3O2. The van der Waals surface area contributed by atoms with E-state index in [0.29, 0.717) is 6.04 Å². The quantitative estimate of drug-likeness (QED) is 0.791. The summed E-state index contributed by atoms with van der Waals surface area (Å²) >= 11 is 0. The van der Waals surface area contributed by atoms with Gasteiger partial charge in [-0.1, -0.05) is 6.07 Å². The Morgan fingerprint density at radius 3 is 2.45 bits per heavy atom. The maximum absolute atomic E-state index is 6.08. The molecule has 6 heteroatoms. The Morgan fingerprint density at radius 2 is 1.85 bits per heavy atom. The SMILES string of the molecule is CC1c2cc(B3OC(C)(C)C(C)(C)O3)cnc2NN1C. The van der Waals surface area contributed by atoms with Gasteiger partial charge in [0.05, 0.1) is 17.2 Å². The first-order valence-electron chi connectivity index (χ1n) is 7.06. The third-order valence-corrected chi connectivity index (χ3v) is 4.78. The predicted octanol–water partition coefficient (Wildman–Crippen LogP) is 1.71. The van der Waals surface area contributed by atoms with Crippen LogP contribution >= 0.6 is 0 Å². The highest BCUT2D eigenvalue weighted by Crippen LogP contribution is 2.37. The lowest BCUT2D eigenvalue weighted by atomic mass is 9.79. The Labute approximate surface area is 120 Å². The van der Waals surface area contributed by atoms with E-state index >= 15 is 0 Å². The molecule has 5 nitrogen and oxygen atoms in total. The summed E-state index contributed by atoms with van der Waals surface area (Å²) in [5.41, 5.74) is 4.75. The Hall–Kier alpha value is -1.11. The summed E-state index contributed by atoms with van der Waals surface area (Å²) in [6, 6.07) is 2.42. The molecule has 0 saturated carbocycles. The summed E-state index contributed by atoms with van der Waals surface area (Å²) in [4.78, 5) is 4.49. The third-order valence-electron chi connectivity index (χ3n) is 4.78. The summed E-state index contributed by atoms with van der Waals surface area (Å²) in [5, 5.41) is 2.05. The van der Waals surface area contributed by atoms with Crippen molar-refractivity contribution in [1.29, 1.82) is 0 Å². The molecule has 0 radical (unpaired) electrons. The first kappa shape index (κ1) is 13.9. The second-order valence-electron chi connectivity index (χ2n) is 6.69. The highest BCUT2D eigenvalue weighted by molar-refractivity contribution is 6.62. The monoisotopic (exact) mass is 275 g/mol. The van der Waals surface area contributed by atoms with Crippen molar-refractivity contribution >= 4 is 18.4 Å². The van der Waals surface area contributed by atoms with Gasteiger partial charge in [0.25, 0.3) is 0 Å². The Kier molecular flexibility index (Phi) is 2.91. The minimum absolute atomic E-state index is 0.292. The van der Waals surface area contributed by atoms with Crippen LogP contribution in [0.1, 0.15) is 46.2 Å². The molecule has 0 aromatic carbocycles. The molecule has 20 heavy (non-hydrogen) atoms. The van der Waals surface area contributed by atoms with Crippen LogP contribution in [0.15, 0.2) is 12.3 Å². The standard InChI is InChI=1S/C14H22BN3O2/c1-9-11-7-10(8-16-12(11)17-18(9)6)15-19-13(2,3)14(4,5)20-15/h7-9H,1-6H3,(H,16,17). The summed E-state index contributed by atoms with van der Waals surface area (Å²) in [6.07, 6.45) is 1.83. The Balaban J connectivity index is 1.91. The highest BCUT2D eigenvalue weighted by Gasteiger charge is 2.52. The molecule has 0 amide bonds. The van der Waals surface area contributed by atoms with Gasteiger partial charge >= 0.3 is 7.12 Å². The van der Waals surface area contributed by atoms with Crippen LogP contribution in [0.5, 0.6) is 0 Å². The van der Waals surface area contributed by atoms with Crippen LogP contribution in [0.3, 0.4) is 0 Å². The fraction of sp³-hybridized carbons (Fsp3) is 0.643. The average molecular weight is 275 g/mol. The van der Waals surface area contributed by atoms with Gasteiger partial charge in [-0.05, 0) is 34.6 Å². The normalized spacial score (nSPS) is 27.5. The molecule has 1 saturated heterocycles. The number of fused-ring (bicyclic) bond motifs is 1. The molecule has 2 aliphatic rings. The third kappa shape index (κ3) is 1.94. The molecule has 1 unspecified atom stereocenters. The van der Waals surface area contributed by atoms with Crippen LogP contribution < -0.4 is 10.9 Å². The summed E-state index contributed by atoms with van der Waals surface area (Å²) in [5.74, 6) is 0.917. The molecule has 3 heterocycles. The van der Waals surface area contributed by atoms with Gasteiger partial charge in [0.1, 0.15) is 5.82 Å². The number of nitrogens with one attached hydrogen (secondary N) is 1. The maximum atomic E-state index is 6.08. The van der Waals surface area contributed by atoms with Gasteiger partial charge in [-0.3, -0.25) is 0 Å². The van der Waals surface area contributed by atoms with Crippen molar-refractivity contribution in [3.63, 3.8) is 0 Å². The molecule has 108 valence electrons. The number of hydrazine groups is 1. The predicted molar refractivity (Wildman–Crippen MR) is 79.8 cm³/mol. The van der Waals surface area contributed by atoms with E-state index in [9.17, 15) is 0 Å². The van der Waals surface area contributed by atoms with Crippen molar-refractivity contribution in [3.05, 3.63) is 17.8 Å². The molecular weight excluding hydrogens is 253 g/mol. The number of nitrogens with zero attached hydrogens (tertiary/aromatic N) is 2. The lowest BCUT2D eigenvalue weighted by Gasteiger charge is -2.32. The fourth-order valence-corrected chi connectivity index (χ4v) is 2.49. The first-order valence-corrected chi connectivity index (χ1v) is 7.06. The Bertz CT molecular complexity index is 531. The van der Waals surface area contributed by atoms with E-state index < -0.39 is 0 Å². The summed E-state index contributed by atoms with van der Waals surface area (Å²) < 4.78 is 12.2. The lowest BCUT2D eigenvalue weighted by Crippen LogP contribution is -2.41. The van der Waals surface area contributed by atoms with Crippen molar-refractivity contribution < 1.29 is 9.31 Å². The molecule has 1 aromatic heterocycles. The minimum atomic E-state index is -0.351. The van der Waals surface area contributed by atoms with Crippen LogP contribution in [-0.4, -0.2) is 35.4 Å². The smallest absolute Gasteiger partial charge is 0.399 e. The molecule has 3 rings (SSSR count). The first-order chi connectivity index (χ1) is 9.21. The van der Waals surface area contributed by atoms with Crippen molar-refractivity contribution in [3.8, 4) is 0 Å². The molecule has 1 fully saturated rings. The fourth-order valence-electron chi connectivity index (χ4n) is 2.49. The highest BCUT2D eigenvalue weighted by atomic mass is 16.7. The van der Waals surface area contributed by atoms with E-state index in [1.807, 2.05) is 18.3 Å². The van der Waals surface area contributed by atoms with Crippen LogP contribution in [-0.2, 0) is 9.31 Å². The number of rotatable bonds is 1. The molecule has 1 atom stereocenters. The Morgan fingerprint density at radius 1 is 1.25 bits per heavy atom. The van der Waals surface area contributed by atoms with Crippen molar-refractivity contribution in [2.75, 3.05) is 12.5 Å². The molecule has 0 aliphatic carbocycles. The average Bonchev–Trinajstić information content (AvgIpc) is 2.74. The second kappa shape index (κ2) is 4.19. The zero-order valence-corrected chi connectivity index (χ0v) is 13.0. The lowest BCUT2D eigenvalue weighted by molar-refractivity contribution is 0.00578. The minimum Gasteiger partial charge on any atom is -0.399 e. The largest absolute Gasteiger partial charge is 0.496 e. The molecule has 2 aliphatic heterocycles. The van der Waals surface area contributed by atoms with Gasteiger partial charge in [0.2, 0.25) is 0 Å². The van der Waals surface area contributed by atoms with E-state index in [-0.39, 0.29) is 18.3 Å². The zero-order valence-electron chi connectivity index (χ0n) is 13.0. The maximum Gasteiger partial charge on any atom is 0.496 e. The topological polar surface area (TPSA) is 46.6 Å². The van der Waals surface area contributed by atoms with Gasteiger partial charge in [-0.15, -0.1) is 0 Å². The van der Waals surface area contributed by atoms with E-state index in [4.69, 9.17) is 9.31 Å². The van der Waals surface area contributed by atoms with Gasteiger partial charge in [-0.25, -0.2) is 9.99 Å². The van der Waals surface area contributed by atoms with Crippen LogP contribution in [0.4, 0.5) is 5.82 Å². The molecule has 0 spiro atoms. The number of hydrogen-bond acceptors (Lipinski definition) is 5. The summed E-state index contributed by atoms with van der Waals surface area (Å²) in [6.45, 7) is 10.4. The van der Waals surface area contributed by atoms with Crippen LogP contribution in [0.2, 0.25) is 0 Å². The van der Waals surface area contributed by atoms with E-state index in [0.717, 1.165) is 11.3 Å². The van der Waals surface area contributed by atoms with Gasteiger partial charge in [0.15, 0.2) is 0 Å². The molecule has 0 bridgehead atoms. The van der Waals surface area contributed by atoms with Crippen molar-refractivity contribution in [2.45, 2.75) is 51.9 Å². The number of aromatic nitrogens is 1. The van der Waals surface area contributed by atoms with Crippen LogP contribution in [0, 0.1) is 0 Å². The van der Waals surface area contributed by atoms with Crippen LogP contribution in [0.25, 0.3) is 0 Å². The zero-order chi connectivity index (χ0) is 14.7. The van der Waals surface area contributed by atoms with E-state index in [2.05, 4.69) is 51.1 Å². The van der Waals surface area contributed by atoms with Gasteiger partial charge < -0.3 is 14.7 Å². The number of pyridine rings is 1. The second-order valence-corrected chi connectivity index (χ2v) is 6.69. The number of hydrogen-bond donors (Lipinski definition) is 1. The molecule has 1 N–H and O–H groups in total. The van der Waals surface area contributed by atoms with E-state index in [1.54, 1.807) is 0 Å². The van der Waals surface area contributed by atoms with Gasteiger partial charge in [0, 0.05) is 24.3 Å². The van der Waals surface area contributed by atoms with E-state index in [1.165, 1.54) is 5.56 Å². The van der Waals surface area contributed by atoms with Gasteiger partial charge in [-0.2, -0.15) is 0 Å².